The molecule has 1 aromatic rings. The summed E-state index contributed by atoms with van der Waals surface area (Å²) in [5.41, 5.74) is 1.76. The van der Waals surface area contributed by atoms with Gasteiger partial charge in [0.2, 0.25) is 0 Å². The normalized spacial score (nSPS) is 20.9. The standard InChI is InChI=1S/C19H24N2O4/c1-3-24-15-10-6-7-13(11-15)17-16(12(2)20-19(23)21-17)18(22)25-14-8-4-5-9-14/h6-7,10-11,14,17H,3-5,8-9H2,1-2H3,(H2,20,21,23)/t17-/m1/s1. The Morgan fingerprint density at radius 1 is 1.28 bits per heavy atom. The molecule has 1 atom stereocenters. The Morgan fingerprint density at radius 3 is 2.76 bits per heavy atom. The molecule has 2 N–H and O–H groups in total. The average molecular weight is 344 g/mol. The van der Waals surface area contributed by atoms with Crippen LogP contribution in [0, 0.1) is 0 Å². The number of carbonyl (C=O) groups is 2. The monoisotopic (exact) mass is 344 g/mol. The van der Waals surface area contributed by atoms with Crippen LogP contribution in [0.2, 0.25) is 0 Å². The third kappa shape index (κ3) is 3.95. The molecule has 0 radical (unpaired) electrons. The fraction of sp³-hybridized carbons (Fsp3) is 0.474. The third-order valence-corrected chi connectivity index (χ3v) is 4.57. The van der Waals surface area contributed by atoms with Crippen LogP contribution in [-0.2, 0) is 9.53 Å². The van der Waals surface area contributed by atoms with Gasteiger partial charge in [-0.2, -0.15) is 0 Å². The molecule has 0 aromatic heterocycles. The van der Waals surface area contributed by atoms with E-state index in [1.807, 2.05) is 31.2 Å². The zero-order valence-electron chi connectivity index (χ0n) is 14.6. The van der Waals surface area contributed by atoms with E-state index in [2.05, 4.69) is 10.6 Å². The number of ether oxygens (including phenoxy) is 2. The number of urea groups is 1. The highest BCUT2D eigenvalue weighted by molar-refractivity contribution is 5.95. The zero-order chi connectivity index (χ0) is 17.8. The molecule has 1 aliphatic heterocycles. The summed E-state index contributed by atoms with van der Waals surface area (Å²) in [6.45, 7) is 4.18. The smallest absolute Gasteiger partial charge is 0.338 e. The van der Waals surface area contributed by atoms with Crippen molar-refractivity contribution in [2.24, 2.45) is 0 Å². The van der Waals surface area contributed by atoms with E-state index in [0.717, 1.165) is 31.2 Å². The molecule has 1 heterocycles. The van der Waals surface area contributed by atoms with Crippen LogP contribution in [0.25, 0.3) is 0 Å². The first-order valence-electron chi connectivity index (χ1n) is 8.80. The summed E-state index contributed by atoms with van der Waals surface area (Å²) in [7, 11) is 0. The number of hydrogen-bond donors (Lipinski definition) is 2. The minimum atomic E-state index is -0.553. The van der Waals surface area contributed by atoms with E-state index in [1.54, 1.807) is 6.92 Å². The van der Waals surface area contributed by atoms with E-state index in [0.29, 0.717) is 23.6 Å². The van der Waals surface area contributed by atoms with Crippen molar-refractivity contribution >= 4 is 12.0 Å². The van der Waals surface area contributed by atoms with Gasteiger partial charge in [-0.05, 0) is 57.2 Å². The highest BCUT2D eigenvalue weighted by atomic mass is 16.5. The van der Waals surface area contributed by atoms with Crippen LogP contribution in [0.3, 0.4) is 0 Å². The van der Waals surface area contributed by atoms with Crippen LogP contribution >= 0.6 is 0 Å². The van der Waals surface area contributed by atoms with Gasteiger partial charge in [-0.1, -0.05) is 12.1 Å². The highest BCUT2D eigenvalue weighted by Crippen LogP contribution is 2.31. The Balaban J connectivity index is 1.89. The number of rotatable bonds is 5. The predicted octanol–water partition coefficient (Wildman–Crippen LogP) is 3.20. The minimum Gasteiger partial charge on any atom is -0.494 e. The Bertz CT molecular complexity index is 692. The number of carbonyl (C=O) groups excluding carboxylic acids is 2. The lowest BCUT2D eigenvalue weighted by Gasteiger charge is -2.29. The van der Waals surface area contributed by atoms with Gasteiger partial charge in [-0.25, -0.2) is 9.59 Å². The molecule has 0 unspecified atom stereocenters. The Hall–Kier alpha value is -2.50. The van der Waals surface area contributed by atoms with E-state index in [-0.39, 0.29) is 18.1 Å². The van der Waals surface area contributed by atoms with Crippen molar-refractivity contribution in [2.75, 3.05) is 6.61 Å². The van der Waals surface area contributed by atoms with Crippen molar-refractivity contribution < 1.29 is 19.1 Å². The van der Waals surface area contributed by atoms with E-state index >= 15 is 0 Å². The van der Waals surface area contributed by atoms with Crippen LogP contribution in [0.15, 0.2) is 35.5 Å². The fourth-order valence-electron chi connectivity index (χ4n) is 3.39. The summed E-state index contributed by atoms with van der Waals surface area (Å²) in [5, 5.41) is 5.50. The quantitative estimate of drug-likeness (QED) is 0.804. The van der Waals surface area contributed by atoms with Crippen LogP contribution in [0.1, 0.15) is 51.1 Å². The number of esters is 1. The van der Waals surface area contributed by atoms with Gasteiger partial charge in [-0.3, -0.25) is 0 Å². The number of allylic oxidation sites excluding steroid dienone is 1. The van der Waals surface area contributed by atoms with E-state index in [4.69, 9.17) is 9.47 Å². The molecule has 2 aliphatic rings. The molecule has 0 spiro atoms. The lowest BCUT2D eigenvalue weighted by Crippen LogP contribution is -2.45. The molecule has 134 valence electrons. The zero-order valence-corrected chi connectivity index (χ0v) is 14.6. The maximum absolute atomic E-state index is 12.8. The number of hydrogen-bond acceptors (Lipinski definition) is 4. The molecular weight excluding hydrogens is 320 g/mol. The second-order valence-electron chi connectivity index (χ2n) is 6.39. The Morgan fingerprint density at radius 2 is 2.04 bits per heavy atom. The second-order valence-corrected chi connectivity index (χ2v) is 6.39. The van der Waals surface area contributed by atoms with Crippen LogP contribution in [0.4, 0.5) is 4.79 Å². The minimum absolute atomic E-state index is 0.0270. The first-order chi connectivity index (χ1) is 12.1. The Labute approximate surface area is 147 Å². The van der Waals surface area contributed by atoms with Gasteiger partial charge in [0, 0.05) is 5.70 Å². The summed E-state index contributed by atoms with van der Waals surface area (Å²) in [6, 6.07) is 6.53. The molecule has 0 saturated heterocycles. The van der Waals surface area contributed by atoms with E-state index in [1.165, 1.54) is 0 Å². The number of amides is 2. The van der Waals surface area contributed by atoms with Crippen LogP contribution < -0.4 is 15.4 Å². The molecule has 6 heteroatoms. The summed E-state index contributed by atoms with van der Waals surface area (Å²) < 4.78 is 11.2. The van der Waals surface area contributed by atoms with Crippen LogP contribution in [0.5, 0.6) is 5.75 Å². The largest absolute Gasteiger partial charge is 0.494 e. The first-order valence-corrected chi connectivity index (χ1v) is 8.80. The van der Waals surface area contributed by atoms with Gasteiger partial charge in [0.05, 0.1) is 18.2 Å². The third-order valence-electron chi connectivity index (χ3n) is 4.57. The van der Waals surface area contributed by atoms with Crippen molar-refractivity contribution in [3.05, 3.63) is 41.1 Å². The van der Waals surface area contributed by atoms with Crippen molar-refractivity contribution in [2.45, 2.75) is 51.7 Å². The van der Waals surface area contributed by atoms with Gasteiger partial charge in [0.15, 0.2) is 0 Å². The maximum atomic E-state index is 12.8. The SMILES string of the molecule is CCOc1cccc([C@H]2NC(=O)NC(C)=C2C(=O)OC2CCCC2)c1. The lowest BCUT2D eigenvalue weighted by atomic mass is 9.95. The van der Waals surface area contributed by atoms with Crippen molar-refractivity contribution in [1.29, 1.82) is 0 Å². The number of benzene rings is 1. The summed E-state index contributed by atoms with van der Waals surface area (Å²) in [5.74, 6) is 0.331. The lowest BCUT2D eigenvalue weighted by molar-refractivity contribution is -0.144. The molecule has 0 bridgehead atoms. The van der Waals surface area contributed by atoms with E-state index in [9.17, 15) is 9.59 Å². The molecule has 1 aliphatic carbocycles. The second kappa shape index (κ2) is 7.59. The van der Waals surface area contributed by atoms with Gasteiger partial charge in [-0.15, -0.1) is 0 Å². The molecule has 1 aromatic carbocycles. The predicted molar refractivity (Wildman–Crippen MR) is 93.1 cm³/mol. The van der Waals surface area contributed by atoms with E-state index < -0.39 is 6.04 Å². The van der Waals surface area contributed by atoms with Gasteiger partial charge >= 0.3 is 12.0 Å². The summed E-state index contributed by atoms with van der Waals surface area (Å²) >= 11 is 0. The van der Waals surface area contributed by atoms with Crippen molar-refractivity contribution in [3.8, 4) is 5.75 Å². The Kier molecular flexibility index (Phi) is 5.26. The topological polar surface area (TPSA) is 76.7 Å². The van der Waals surface area contributed by atoms with Crippen molar-refractivity contribution in [3.63, 3.8) is 0 Å². The van der Waals surface area contributed by atoms with Gasteiger partial charge < -0.3 is 20.1 Å². The molecule has 3 rings (SSSR count). The average Bonchev–Trinajstić information content (AvgIpc) is 3.07. The molecule has 25 heavy (non-hydrogen) atoms. The highest BCUT2D eigenvalue weighted by Gasteiger charge is 2.34. The maximum Gasteiger partial charge on any atom is 0.338 e. The van der Waals surface area contributed by atoms with Gasteiger partial charge in [0.1, 0.15) is 11.9 Å². The number of nitrogens with one attached hydrogen (secondary N) is 2. The summed E-state index contributed by atoms with van der Waals surface area (Å²) in [6.07, 6.45) is 3.96. The molecule has 1 saturated carbocycles. The summed E-state index contributed by atoms with van der Waals surface area (Å²) in [4.78, 5) is 24.7. The molecular formula is C19H24N2O4. The van der Waals surface area contributed by atoms with Crippen molar-refractivity contribution in [1.82, 2.24) is 10.6 Å². The fourth-order valence-corrected chi connectivity index (χ4v) is 3.39. The first kappa shape index (κ1) is 17.3. The van der Waals surface area contributed by atoms with Gasteiger partial charge in [0.25, 0.3) is 0 Å². The molecule has 1 fully saturated rings. The van der Waals surface area contributed by atoms with Crippen LogP contribution in [-0.4, -0.2) is 24.7 Å². The molecule has 2 amide bonds. The molecule has 6 nitrogen and oxygen atoms in total.